The van der Waals surface area contributed by atoms with Gasteiger partial charge < -0.3 is 12.6 Å². The molecule has 4 heteroatoms. The summed E-state index contributed by atoms with van der Waals surface area (Å²) in [6, 6.07) is 11.9. The molecule has 2 rings (SSSR count). The Balaban J connectivity index is 0.00000128. The molecule has 0 spiro atoms. The van der Waals surface area contributed by atoms with Crippen molar-refractivity contribution in [1.29, 1.82) is 0 Å². The predicted octanol–water partition coefficient (Wildman–Crippen LogP) is -0.443. The second-order valence-corrected chi connectivity index (χ2v) is 3.37. The Morgan fingerprint density at radius 2 is 1.75 bits per heavy atom. The van der Waals surface area contributed by atoms with Crippen LogP contribution in [0.5, 0.6) is 0 Å². The third-order valence-electron chi connectivity index (χ3n) is 1.90. The average molecular weight is 252 g/mol. The second kappa shape index (κ2) is 7.27. The van der Waals surface area contributed by atoms with E-state index in [0.717, 1.165) is 11.3 Å². The van der Waals surface area contributed by atoms with Crippen LogP contribution in [-0.4, -0.2) is 9.97 Å². The maximum Gasteiger partial charge on any atom is 1.00 e. The summed E-state index contributed by atoms with van der Waals surface area (Å²) in [6.07, 6.45) is 5.59. The Bertz CT molecular complexity index is 471. The molecule has 0 bridgehead atoms. The fourth-order valence-corrected chi connectivity index (χ4v) is 1.36. The molecule has 0 atom stereocenters. The molecule has 74 valence electrons. The average Bonchev–Trinajstić information content (AvgIpc) is 2.28. The summed E-state index contributed by atoms with van der Waals surface area (Å²) >= 11 is 4.87. The maximum atomic E-state index is 4.87. The third-order valence-corrected chi connectivity index (χ3v) is 2.10. The van der Waals surface area contributed by atoms with E-state index in [1.807, 2.05) is 48.6 Å². The zero-order valence-corrected chi connectivity index (χ0v) is 12.9. The van der Waals surface area contributed by atoms with Crippen molar-refractivity contribution in [3.63, 3.8) is 0 Å². The number of rotatable bonds is 2. The minimum absolute atomic E-state index is 0. The summed E-state index contributed by atoms with van der Waals surface area (Å²) < 4.78 is 0. The Morgan fingerprint density at radius 1 is 1.00 bits per heavy atom. The van der Waals surface area contributed by atoms with E-state index in [-0.39, 0.29) is 51.4 Å². The van der Waals surface area contributed by atoms with Gasteiger partial charge in [0.05, 0.1) is 5.69 Å². The van der Waals surface area contributed by atoms with E-state index in [1.165, 1.54) is 0 Å². The Labute approximate surface area is 143 Å². The summed E-state index contributed by atoms with van der Waals surface area (Å²) in [7, 11) is 0. The maximum absolute atomic E-state index is 4.87. The first-order chi connectivity index (χ1) is 7.34. The van der Waals surface area contributed by atoms with Crippen LogP contribution in [0.3, 0.4) is 0 Å². The molecule has 0 saturated heterocycles. The standard InChI is InChI=1S/C12H10N2S.K/c15-12-13-9-8-11(14-12)7-6-10-4-2-1-3-5-10;/h1-9H,(H,13,14,15);/q;+1/p-1/b7-6+;. The largest absolute Gasteiger partial charge is 1.00 e. The SMILES string of the molecule is [K+].[S-]c1nccc(/C=C/c2ccccc2)n1. The summed E-state index contributed by atoms with van der Waals surface area (Å²) in [5, 5.41) is 0.380. The van der Waals surface area contributed by atoms with Crippen LogP contribution in [0.15, 0.2) is 47.8 Å². The van der Waals surface area contributed by atoms with E-state index >= 15 is 0 Å². The van der Waals surface area contributed by atoms with Gasteiger partial charge in [-0.25, -0.2) is 0 Å². The molecular weight excluding hydrogens is 243 g/mol. The molecule has 0 aliphatic carbocycles. The monoisotopic (exact) mass is 252 g/mol. The van der Waals surface area contributed by atoms with Gasteiger partial charge in [0, 0.05) is 11.4 Å². The molecule has 0 aliphatic heterocycles. The second-order valence-electron chi connectivity index (χ2n) is 3.01. The Morgan fingerprint density at radius 3 is 2.44 bits per heavy atom. The number of benzene rings is 1. The minimum Gasteiger partial charge on any atom is -0.740 e. The van der Waals surface area contributed by atoms with Gasteiger partial charge in [-0.3, -0.25) is 9.97 Å². The van der Waals surface area contributed by atoms with Gasteiger partial charge in [0.15, 0.2) is 0 Å². The molecule has 0 N–H and O–H groups in total. The molecule has 2 nitrogen and oxygen atoms in total. The smallest absolute Gasteiger partial charge is 0.740 e. The summed E-state index contributed by atoms with van der Waals surface area (Å²) in [4.78, 5) is 7.97. The summed E-state index contributed by atoms with van der Waals surface area (Å²) in [5.41, 5.74) is 1.97. The van der Waals surface area contributed by atoms with Crippen molar-refractivity contribution in [1.82, 2.24) is 9.97 Å². The van der Waals surface area contributed by atoms with Crippen molar-refractivity contribution >= 4 is 24.8 Å². The zero-order chi connectivity index (χ0) is 10.5. The van der Waals surface area contributed by atoms with Crippen LogP contribution in [0.4, 0.5) is 0 Å². The van der Waals surface area contributed by atoms with E-state index in [9.17, 15) is 0 Å². The Hall–Kier alpha value is -0.104. The van der Waals surface area contributed by atoms with E-state index < -0.39 is 0 Å². The molecular formula is C12H9KN2S. The fourth-order valence-electron chi connectivity index (χ4n) is 1.19. The molecule has 16 heavy (non-hydrogen) atoms. The van der Waals surface area contributed by atoms with Crippen molar-refractivity contribution in [3.05, 3.63) is 53.9 Å². The van der Waals surface area contributed by atoms with E-state index in [4.69, 9.17) is 12.6 Å². The third kappa shape index (κ3) is 4.41. The molecule has 0 saturated carbocycles. The van der Waals surface area contributed by atoms with E-state index in [2.05, 4.69) is 9.97 Å². The molecule has 0 unspecified atom stereocenters. The molecule has 0 amide bonds. The van der Waals surface area contributed by atoms with Gasteiger partial charge in [-0.2, -0.15) is 0 Å². The van der Waals surface area contributed by atoms with Gasteiger partial charge in [0.25, 0.3) is 0 Å². The first kappa shape index (κ1) is 14.0. The van der Waals surface area contributed by atoms with Gasteiger partial charge in [0.2, 0.25) is 0 Å². The predicted molar refractivity (Wildman–Crippen MR) is 63.0 cm³/mol. The molecule has 1 heterocycles. The van der Waals surface area contributed by atoms with Crippen molar-refractivity contribution in [2.45, 2.75) is 5.16 Å². The number of hydrogen-bond donors (Lipinski definition) is 0. The topological polar surface area (TPSA) is 25.8 Å². The normalized spacial score (nSPS) is 10.0. The minimum atomic E-state index is 0. The summed E-state index contributed by atoms with van der Waals surface area (Å²) in [6.45, 7) is 0. The van der Waals surface area contributed by atoms with Crippen molar-refractivity contribution in [3.8, 4) is 0 Å². The van der Waals surface area contributed by atoms with Gasteiger partial charge in [-0.1, -0.05) is 36.4 Å². The molecule has 1 aromatic carbocycles. The zero-order valence-electron chi connectivity index (χ0n) is 9.00. The van der Waals surface area contributed by atoms with Gasteiger partial charge in [-0.15, -0.1) is 0 Å². The summed E-state index contributed by atoms with van der Waals surface area (Å²) in [5.74, 6) is 0. The Kier molecular flexibility index (Phi) is 6.34. The van der Waals surface area contributed by atoms with Crippen LogP contribution in [0.1, 0.15) is 11.3 Å². The molecule has 2 aromatic rings. The van der Waals surface area contributed by atoms with Crippen molar-refractivity contribution in [2.75, 3.05) is 0 Å². The van der Waals surface area contributed by atoms with Crippen LogP contribution >= 0.6 is 0 Å². The van der Waals surface area contributed by atoms with Crippen LogP contribution in [0.25, 0.3) is 12.2 Å². The van der Waals surface area contributed by atoms with Crippen LogP contribution < -0.4 is 51.4 Å². The number of hydrogen-bond acceptors (Lipinski definition) is 3. The molecule has 1 aromatic heterocycles. The molecule has 0 aliphatic rings. The molecule has 0 fully saturated rings. The van der Waals surface area contributed by atoms with Gasteiger partial charge >= 0.3 is 51.4 Å². The van der Waals surface area contributed by atoms with Crippen molar-refractivity contribution in [2.24, 2.45) is 0 Å². The van der Waals surface area contributed by atoms with E-state index in [1.54, 1.807) is 6.20 Å². The first-order valence-corrected chi connectivity index (χ1v) is 4.98. The fraction of sp³-hybridized carbons (Fsp3) is 0. The number of nitrogens with zero attached hydrogens (tertiary/aromatic N) is 2. The first-order valence-electron chi connectivity index (χ1n) is 4.58. The van der Waals surface area contributed by atoms with E-state index in [0.29, 0.717) is 5.16 Å². The van der Waals surface area contributed by atoms with Gasteiger partial charge in [0.1, 0.15) is 0 Å². The quantitative estimate of drug-likeness (QED) is 0.412. The van der Waals surface area contributed by atoms with Crippen molar-refractivity contribution < 1.29 is 51.4 Å². The number of aromatic nitrogens is 2. The van der Waals surface area contributed by atoms with Crippen LogP contribution in [0, 0.1) is 0 Å². The van der Waals surface area contributed by atoms with Crippen LogP contribution in [0.2, 0.25) is 0 Å². The van der Waals surface area contributed by atoms with Gasteiger partial charge in [-0.05, 0) is 17.7 Å². The molecule has 0 radical (unpaired) electrons. The van der Waals surface area contributed by atoms with Crippen LogP contribution in [-0.2, 0) is 12.6 Å².